The topological polar surface area (TPSA) is 69.7 Å². The second-order valence-corrected chi connectivity index (χ2v) is 11.2. The average Bonchev–Trinajstić information content (AvgIpc) is 2.78. The van der Waals surface area contributed by atoms with Crippen molar-refractivity contribution in [2.24, 2.45) is 0 Å². The van der Waals surface area contributed by atoms with Gasteiger partial charge in [-0.1, -0.05) is 6.92 Å². The van der Waals surface area contributed by atoms with Crippen molar-refractivity contribution in [3.63, 3.8) is 0 Å². The Morgan fingerprint density at radius 2 is 1.66 bits per heavy atom. The van der Waals surface area contributed by atoms with Crippen molar-refractivity contribution >= 4 is 15.9 Å². The van der Waals surface area contributed by atoms with Crippen LogP contribution in [0.4, 0.5) is 26.3 Å². The van der Waals surface area contributed by atoms with Crippen molar-refractivity contribution < 1.29 is 39.6 Å². The molecule has 1 N–H and O–H groups in total. The highest BCUT2D eigenvalue weighted by molar-refractivity contribution is 7.89. The molecule has 1 saturated heterocycles. The summed E-state index contributed by atoms with van der Waals surface area (Å²) in [5.74, 6) is -5.12. The maximum absolute atomic E-state index is 13.9. The minimum Gasteiger partial charge on any atom is -0.350 e. The molecule has 1 saturated carbocycles. The van der Waals surface area contributed by atoms with Crippen LogP contribution >= 0.6 is 0 Å². The fourth-order valence-corrected chi connectivity index (χ4v) is 6.30. The second-order valence-electron chi connectivity index (χ2n) is 9.15. The molecule has 0 spiro atoms. The number of piperazine rings is 1. The molecular formula is C22H29F6N3O3S. The number of carbonyl (C=O) groups is 1. The first-order valence-electron chi connectivity index (χ1n) is 11.4. The van der Waals surface area contributed by atoms with Crippen molar-refractivity contribution in [3.8, 4) is 0 Å². The molecular weight excluding hydrogens is 500 g/mol. The van der Waals surface area contributed by atoms with E-state index < -0.39 is 63.4 Å². The number of carbonyl (C=O) groups excluding carboxylic acids is 1. The van der Waals surface area contributed by atoms with E-state index in [1.807, 2.05) is 4.90 Å². The summed E-state index contributed by atoms with van der Waals surface area (Å²) < 4.78 is 107. The molecule has 1 aliphatic heterocycles. The molecule has 1 heterocycles. The zero-order valence-corrected chi connectivity index (χ0v) is 20.1. The lowest BCUT2D eigenvalue weighted by Crippen LogP contribution is -2.63. The third kappa shape index (κ3) is 6.48. The van der Waals surface area contributed by atoms with Gasteiger partial charge in [0.2, 0.25) is 15.9 Å². The Kier molecular flexibility index (Phi) is 8.12. The second kappa shape index (κ2) is 10.3. The summed E-state index contributed by atoms with van der Waals surface area (Å²) in [6, 6.07) is 1.73. The molecule has 0 radical (unpaired) electrons. The molecule has 1 aromatic carbocycles. The molecule has 0 atom stereocenters. The number of rotatable bonds is 7. The number of nitrogens with zero attached hydrogens (tertiary/aromatic N) is 2. The van der Waals surface area contributed by atoms with Crippen molar-refractivity contribution in [2.45, 2.75) is 56.7 Å². The summed E-state index contributed by atoms with van der Waals surface area (Å²) in [4.78, 5) is 14.5. The Bertz CT molecular complexity index is 1010. The molecule has 198 valence electrons. The first-order valence-corrected chi connectivity index (χ1v) is 13.1. The van der Waals surface area contributed by atoms with E-state index in [4.69, 9.17) is 0 Å². The van der Waals surface area contributed by atoms with Crippen LogP contribution in [0.1, 0.15) is 54.9 Å². The Balaban J connectivity index is 1.78. The van der Waals surface area contributed by atoms with Crippen LogP contribution in [-0.2, 0) is 16.2 Å². The maximum Gasteiger partial charge on any atom is 0.417 e. The Labute approximate surface area is 200 Å². The lowest BCUT2D eigenvalue weighted by Gasteiger charge is -2.50. The van der Waals surface area contributed by atoms with Crippen LogP contribution in [0.25, 0.3) is 0 Å². The Morgan fingerprint density at radius 1 is 1.06 bits per heavy atom. The van der Waals surface area contributed by atoms with E-state index in [2.05, 4.69) is 5.32 Å². The molecule has 1 amide bonds. The molecule has 0 aromatic heterocycles. The average molecular weight is 530 g/mol. The summed E-state index contributed by atoms with van der Waals surface area (Å²) in [6.07, 6.45) is -5.45. The van der Waals surface area contributed by atoms with E-state index in [0.717, 1.165) is 12.1 Å². The van der Waals surface area contributed by atoms with Gasteiger partial charge in [0.25, 0.3) is 5.91 Å². The number of amides is 1. The molecule has 2 fully saturated rings. The van der Waals surface area contributed by atoms with E-state index in [-0.39, 0.29) is 57.4 Å². The number of hydrogen-bond acceptors (Lipinski definition) is 4. The van der Waals surface area contributed by atoms with Crippen molar-refractivity contribution in [3.05, 3.63) is 35.1 Å². The monoisotopic (exact) mass is 529 g/mol. The van der Waals surface area contributed by atoms with Crippen LogP contribution in [-0.4, -0.2) is 73.5 Å². The quantitative estimate of drug-likeness (QED) is 0.545. The first-order chi connectivity index (χ1) is 16.2. The summed E-state index contributed by atoms with van der Waals surface area (Å²) in [5.41, 5.74) is -3.14. The molecule has 2 aliphatic rings. The van der Waals surface area contributed by atoms with Gasteiger partial charge in [-0.05, 0) is 37.5 Å². The van der Waals surface area contributed by atoms with E-state index in [1.54, 1.807) is 6.92 Å². The lowest BCUT2D eigenvalue weighted by atomic mass is 9.78. The fourth-order valence-electron chi connectivity index (χ4n) is 4.80. The minimum atomic E-state index is -4.96. The minimum absolute atomic E-state index is 0.000366. The smallest absolute Gasteiger partial charge is 0.350 e. The number of sulfonamides is 1. The zero-order chi connectivity index (χ0) is 26.1. The molecule has 3 rings (SSSR count). The number of hydrogen-bond donors (Lipinski definition) is 1. The predicted octanol–water partition coefficient (Wildman–Crippen LogP) is 3.88. The van der Waals surface area contributed by atoms with E-state index in [0.29, 0.717) is 6.42 Å². The van der Waals surface area contributed by atoms with Crippen molar-refractivity contribution in [1.82, 2.24) is 14.5 Å². The van der Waals surface area contributed by atoms with Gasteiger partial charge in [0.05, 0.1) is 16.9 Å². The molecule has 1 aromatic rings. The van der Waals surface area contributed by atoms with Crippen LogP contribution in [0.2, 0.25) is 0 Å². The molecule has 35 heavy (non-hydrogen) atoms. The lowest BCUT2D eigenvalue weighted by molar-refractivity contribution is -0.138. The highest BCUT2D eigenvalue weighted by Gasteiger charge is 2.48. The fraction of sp³-hybridized carbons (Fsp3) is 0.682. The van der Waals surface area contributed by atoms with Crippen LogP contribution < -0.4 is 5.32 Å². The van der Waals surface area contributed by atoms with Crippen LogP contribution in [0.3, 0.4) is 0 Å². The van der Waals surface area contributed by atoms with Crippen molar-refractivity contribution in [2.75, 3.05) is 38.5 Å². The van der Waals surface area contributed by atoms with Crippen LogP contribution in [0.5, 0.6) is 0 Å². The van der Waals surface area contributed by atoms with E-state index in [9.17, 15) is 39.6 Å². The molecule has 6 nitrogen and oxygen atoms in total. The SMILES string of the molecule is CCCS(=O)(=O)N1CCN(C2(CNC(=O)c3ccc(F)cc3C(F)(F)F)CCC(F)(F)CC2)CC1. The van der Waals surface area contributed by atoms with Gasteiger partial charge in [-0.3, -0.25) is 9.69 Å². The van der Waals surface area contributed by atoms with Gasteiger partial charge >= 0.3 is 6.18 Å². The van der Waals surface area contributed by atoms with Gasteiger partial charge in [-0.2, -0.15) is 17.5 Å². The highest BCUT2D eigenvalue weighted by Crippen LogP contribution is 2.42. The Hall–Kier alpha value is -1.86. The third-order valence-corrected chi connectivity index (χ3v) is 8.86. The van der Waals surface area contributed by atoms with Gasteiger partial charge in [-0.15, -0.1) is 0 Å². The zero-order valence-electron chi connectivity index (χ0n) is 19.3. The number of halogens is 6. The normalized spacial score (nSPS) is 21.6. The molecule has 13 heteroatoms. The predicted molar refractivity (Wildman–Crippen MR) is 117 cm³/mol. The summed E-state index contributed by atoms with van der Waals surface area (Å²) >= 11 is 0. The summed E-state index contributed by atoms with van der Waals surface area (Å²) in [5, 5.41) is 2.45. The summed E-state index contributed by atoms with van der Waals surface area (Å²) in [6.45, 7) is 2.36. The largest absolute Gasteiger partial charge is 0.417 e. The standard InChI is InChI=1S/C22H29F6N3O3S/c1-2-13-35(33,34)31-11-9-30(10-12-31)20(5-7-21(24,25)8-6-20)15-29-19(32)17-4-3-16(23)14-18(17)22(26,27)28/h3-4,14H,2,5-13,15H2,1H3,(H,29,32). The molecule has 0 unspecified atom stereocenters. The van der Waals surface area contributed by atoms with Gasteiger partial charge in [0, 0.05) is 51.1 Å². The third-order valence-electron chi connectivity index (χ3n) is 6.79. The number of alkyl halides is 5. The number of benzene rings is 1. The van der Waals surface area contributed by atoms with Gasteiger partial charge < -0.3 is 5.32 Å². The molecule has 1 aliphatic carbocycles. The Morgan fingerprint density at radius 3 is 2.20 bits per heavy atom. The first kappa shape index (κ1) is 27.7. The van der Waals surface area contributed by atoms with Crippen LogP contribution in [0, 0.1) is 5.82 Å². The summed E-state index contributed by atoms with van der Waals surface area (Å²) in [7, 11) is -3.43. The van der Waals surface area contributed by atoms with Gasteiger partial charge in [-0.25, -0.2) is 21.6 Å². The van der Waals surface area contributed by atoms with Crippen LogP contribution in [0.15, 0.2) is 18.2 Å². The maximum atomic E-state index is 13.9. The van der Waals surface area contributed by atoms with E-state index in [1.165, 1.54) is 4.31 Å². The van der Waals surface area contributed by atoms with Gasteiger partial charge in [0.1, 0.15) is 5.82 Å². The molecule has 0 bridgehead atoms. The highest BCUT2D eigenvalue weighted by atomic mass is 32.2. The number of nitrogens with one attached hydrogen (secondary N) is 1. The van der Waals surface area contributed by atoms with Crippen molar-refractivity contribution in [1.29, 1.82) is 0 Å². The van der Waals surface area contributed by atoms with Gasteiger partial charge in [0.15, 0.2) is 0 Å². The van der Waals surface area contributed by atoms with E-state index >= 15 is 0 Å².